The highest BCUT2D eigenvalue weighted by molar-refractivity contribution is 7.17. The second kappa shape index (κ2) is 8.89. The molecule has 1 aliphatic heterocycles. The van der Waals surface area contributed by atoms with Crippen LogP contribution < -0.4 is 14.8 Å². The molecule has 1 aromatic heterocycles. The largest absolute Gasteiger partial charge is 0.487 e. The molecule has 1 N–H and O–H groups in total. The van der Waals surface area contributed by atoms with Crippen molar-refractivity contribution in [1.82, 2.24) is 5.32 Å². The van der Waals surface area contributed by atoms with Crippen molar-refractivity contribution in [3.8, 4) is 21.9 Å². The standard InChI is InChI=1S/C24H22FNO4S/c1-14(27)21-8-9-22(31-21)20-12-17(25)10-16-11-19(30-23(16)20)13-26-24(28)15(2)29-18-6-4-3-5-7-18/h3-10,12,15,19H,11,13H2,1-2H3,(H,26,28)/t15-,19+/m0/s1. The Morgan fingerprint density at radius 2 is 2.00 bits per heavy atom. The zero-order valence-corrected chi connectivity index (χ0v) is 18.0. The number of fused-ring (bicyclic) bond motifs is 1. The number of Topliss-reactive ketones (excluding diaryl/α,β-unsaturated/α-hetero) is 1. The molecule has 0 spiro atoms. The van der Waals surface area contributed by atoms with Gasteiger partial charge in [-0.25, -0.2) is 4.39 Å². The van der Waals surface area contributed by atoms with E-state index in [0.29, 0.717) is 28.4 Å². The molecule has 0 saturated carbocycles. The van der Waals surface area contributed by atoms with Gasteiger partial charge in [0.1, 0.15) is 23.4 Å². The number of hydrogen-bond acceptors (Lipinski definition) is 5. The predicted octanol–water partition coefficient (Wildman–Crippen LogP) is 4.64. The van der Waals surface area contributed by atoms with Gasteiger partial charge in [-0.3, -0.25) is 9.59 Å². The maximum absolute atomic E-state index is 14.2. The van der Waals surface area contributed by atoms with Crippen molar-refractivity contribution in [2.24, 2.45) is 0 Å². The molecule has 2 heterocycles. The van der Waals surface area contributed by atoms with Crippen LogP contribution in [0.15, 0.2) is 54.6 Å². The van der Waals surface area contributed by atoms with E-state index in [-0.39, 0.29) is 30.2 Å². The first kappa shape index (κ1) is 21.1. The van der Waals surface area contributed by atoms with E-state index in [4.69, 9.17) is 9.47 Å². The summed E-state index contributed by atoms with van der Waals surface area (Å²) in [4.78, 5) is 25.4. The van der Waals surface area contributed by atoms with Crippen molar-refractivity contribution in [2.75, 3.05) is 6.54 Å². The number of rotatable bonds is 7. The molecule has 0 radical (unpaired) electrons. The van der Waals surface area contributed by atoms with Crippen LogP contribution in [-0.4, -0.2) is 30.4 Å². The Hall–Kier alpha value is -3.19. The summed E-state index contributed by atoms with van der Waals surface area (Å²) in [7, 11) is 0. The molecule has 4 rings (SSSR count). The Bertz CT molecular complexity index is 1110. The van der Waals surface area contributed by atoms with Crippen molar-refractivity contribution in [2.45, 2.75) is 32.5 Å². The van der Waals surface area contributed by atoms with Gasteiger partial charge >= 0.3 is 0 Å². The normalized spacial score (nSPS) is 15.6. The van der Waals surface area contributed by atoms with Gasteiger partial charge in [-0.05, 0) is 50.2 Å². The molecule has 7 heteroatoms. The van der Waals surface area contributed by atoms with E-state index in [0.717, 1.165) is 10.4 Å². The molecule has 0 aliphatic carbocycles. The molecule has 2 aromatic carbocycles. The third kappa shape index (κ3) is 4.77. The van der Waals surface area contributed by atoms with Crippen LogP contribution in [-0.2, 0) is 11.2 Å². The quantitative estimate of drug-likeness (QED) is 0.545. The summed E-state index contributed by atoms with van der Waals surface area (Å²) in [5.74, 6) is 0.586. The maximum atomic E-state index is 14.2. The van der Waals surface area contributed by atoms with Gasteiger partial charge in [-0.15, -0.1) is 11.3 Å². The summed E-state index contributed by atoms with van der Waals surface area (Å²) in [6.45, 7) is 3.47. The predicted molar refractivity (Wildman–Crippen MR) is 117 cm³/mol. The number of carbonyl (C=O) groups is 2. The second-order valence-corrected chi connectivity index (χ2v) is 8.51. The van der Waals surface area contributed by atoms with E-state index in [1.54, 1.807) is 31.2 Å². The number of para-hydroxylation sites is 1. The minimum absolute atomic E-state index is 0.0300. The highest BCUT2D eigenvalue weighted by atomic mass is 32.1. The second-order valence-electron chi connectivity index (χ2n) is 7.42. The Kier molecular flexibility index (Phi) is 6.04. The Morgan fingerprint density at radius 3 is 2.71 bits per heavy atom. The topological polar surface area (TPSA) is 64.6 Å². The molecular weight excluding hydrogens is 417 g/mol. The molecular formula is C24H22FNO4S. The van der Waals surface area contributed by atoms with Crippen LogP contribution in [0.3, 0.4) is 0 Å². The molecule has 5 nitrogen and oxygen atoms in total. The van der Waals surface area contributed by atoms with Gasteiger partial charge in [-0.2, -0.15) is 0 Å². The molecule has 1 amide bonds. The number of benzene rings is 2. The molecule has 0 unspecified atom stereocenters. The number of carbonyl (C=O) groups excluding carboxylic acids is 2. The van der Waals surface area contributed by atoms with E-state index in [2.05, 4.69) is 5.32 Å². The van der Waals surface area contributed by atoms with Gasteiger partial charge in [0, 0.05) is 22.4 Å². The summed E-state index contributed by atoms with van der Waals surface area (Å²) >= 11 is 1.31. The van der Waals surface area contributed by atoms with Crippen molar-refractivity contribution in [3.63, 3.8) is 0 Å². The number of nitrogens with one attached hydrogen (secondary N) is 1. The molecule has 2 atom stereocenters. The van der Waals surface area contributed by atoms with E-state index in [1.807, 2.05) is 18.2 Å². The fraction of sp³-hybridized carbons (Fsp3) is 0.250. The van der Waals surface area contributed by atoms with Crippen LogP contribution in [0.4, 0.5) is 4.39 Å². The van der Waals surface area contributed by atoms with Gasteiger partial charge in [0.15, 0.2) is 11.9 Å². The summed E-state index contributed by atoms with van der Waals surface area (Å²) in [5, 5.41) is 2.85. The van der Waals surface area contributed by atoms with E-state index in [1.165, 1.54) is 30.4 Å². The fourth-order valence-corrected chi connectivity index (χ4v) is 4.39. The van der Waals surface area contributed by atoms with Crippen molar-refractivity contribution in [1.29, 1.82) is 0 Å². The number of hydrogen-bond donors (Lipinski definition) is 1. The molecule has 160 valence electrons. The number of halogens is 1. The number of ether oxygens (including phenoxy) is 2. The first-order valence-corrected chi connectivity index (χ1v) is 10.8. The lowest BCUT2D eigenvalue weighted by Gasteiger charge is -2.17. The molecule has 31 heavy (non-hydrogen) atoms. The zero-order chi connectivity index (χ0) is 22.0. The van der Waals surface area contributed by atoms with Crippen molar-refractivity contribution < 1.29 is 23.5 Å². The van der Waals surface area contributed by atoms with E-state index < -0.39 is 6.10 Å². The highest BCUT2D eigenvalue weighted by Gasteiger charge is 2.28. The van der Waals surface area contributed by atoms with Crippen LogP contribution >= 0.6 is 11.3 Å². The Balaban J connectivity index is 1.41. The van der Waals surface area contributed by atoms with Gasteiger partial charge in [0.05, 0.1) is 11.4 Å². The number of ketones is 1. The third-order valence-electron chi connectivity index (χ3n) is 5.01. The molecule has 0 fully saturated rings. The summed E-state index contributed by atoms with van der Waals surface area (Å²) < 4.78 is 25.9. The highest BCUT2D eigenvalue weighted by Crippen LogP contribution is 2.42. The Morgan fingerprint density at radius 1 is 1.23 bits per heavy atom. The first-order valence-electron chi connectivity index (χ1n) is 10.0. The van der Waals surface area contributed by atoms with Gasteiger partial charge in [-0.1, -0.05) is 18.2 Å². The lowest BCUT2D eigenvalue weighted by atomic mass is 10.0. The minimum Gasteiger partial charge on any atom is -0.487 e. The van der Waals surface area contributed by atoms with Crippen LogP contribution in [0.1, 0.15) is 29.1 Å². The van der Waals surface area contributed by atoms with Crippen LogP contribution in [0.5, 0.6) is 11.5 Å². The average Bonchev–Trinajstić information content (AvgIpc) is 3.39. The zero-order valence-electron chi connectivity index (χ0n) is 17.2. The van der Waals surface area contributed by atoms with Crippen molar-refractivity contribution >= 4 is 23.0 Å². The molecule has 3 aromatic rings. The lowest BCUT2D eigenvalue weighted by Crippen LogP contribution is -2.41. The smallest absolute Gasteiger partial charge is 0.260 e. The SMILES string of the molecule is CC(=O)c1ccc(-c2cc(F)cc3c2O[C@@H](CNC(=O)[C@H](C)Oc2ccccc2)C3)s1. The van der Waals surface area contributed by atoms with Crippen LogP contribution in [0.2, 0.25) is 0 Å². The summed E-state index contributed by atoms with van der Waals surface area (Å²) in [5.41, 5.74) is 1.38. The fourth-order valence-electron chi connectivity index (χ4n) is 3.48. The van der Waals surface area contributed by atoms with Crippen LogP contribution in [0, 0.1) is 5.82 Å². The van der Waals surface area contributed by atoms with Gasteiger partial charge < -0.3 is 14.8 Å². The Labute approximate surface area is 183 Å². The third-order valence-corrected chi connectivity index (χ3v) is 6.23. The lowest BCUT2D eigenvalue weighted by molar-refractivity contribution is -0.127. The minimum atomic E-state index is -0.657. The van der Waals surface area contributed by atoms with E-state index in [9.17, 15) is 14.0 Å². The molecule has 1 aliphatic rings. The van der Waals surface area contributed by atoms with Crippen molar-refractivity contribution in [3.05, 3.63) is 70.9 Å². The summed E-state index contributed by atoms with van der Waals surface area (Å²) in [6, 6.07) is 15.6. The number of amides is 1. The van der Waals surface area contributed by atoms with E-state index >= 15 is 0 Å². The van der Waals surface area contributed by atoms with Crippen LogP contribution in [0.25, 0.3) is 10.4 Å². The monoisotopic (exact) mass is 439 g/mol. The van der Waals surface area contributed by atoms with Gasteiger partial charge in [0.25, 0.3) is 5.91 Å². The first-order chi connectivity index (χ1) is 14.9. The molecule has 0 bridgehead atoms. The van der Waals surface area contributed by atoms with Gasteiger partial charge in [0.2, 0.25) is 0 Å². The number of thiophene rings is 1. The summed E-state index contributed by atoms with van der Waals surface area (Å²) in [6.07, 6.45) is -0.481. The molecule has 0 saturated heterocycles. The average molecular weight is 440 g/mol. The maximum Gasteiger partial charge on any atom is 0.260 e.